The molecule has 0 radical (unpaired) electrons. The van der Waals surface area contributed by atoms with Crippen LogP contribution < -0.4 is 16.9 Å². The van der Waals surface area contributed by atoms with Crippen LogP contribution in [0.4, 0.5) is 24.5 Å². The van der Waals surface area contributed by atoms with Gasteiger partial charge in [0.05, 0.1) is 33.0 Å². The van der Waals surface area contributed by atoms with Gasteiger partial charge >= 0.3 is 5.97 Å². The van der Waals surface area contributed by atoms with E-state index < -0.39 is 61.9 Å². The first-order chi connectivity index (χ1) is 12.1. The lowest BCUT2D eigenvalue weighted by Gasteiger charge is -2.16. The Bertz CT molecular complexity index is 1160. The molecule has 0 saturated heterocycles. The second-order valence-electron chi connectivity index (χ2n) is 5.35. The number of nitrogens with two attached hydrogens (primary N) is 2. The van der Waals surface area contributed by atoms with Crippen molar-refractivity contribution < 1.29 is 23.1 Å². The highest BCUT2D eigenvalue weighted by molar-refractivity contribution is 6.37. The second kappa shape index (κ2) is 5.95. The maximum Gasteiger partial charge on any atom is 0.341 e. The largest absolute Gasteiger partial charge is 0.477 e. The first-order valence-electron chi connectivity index (χ1n) is 6.94. The lowest BCUT2D eigenvalue weighted by atomic mass is 10.1. The molecule has 0 atom stereocenters. The number of halogens is 4. The maximum absolute atomic E-state index is 14.3. The van der Waals surface area contributed by atoms with Gasteiger partial charge in [0.2, 0.25) is 5.43 Å². The van der Waals surface area contributed by atoms with E-state index in [0.717, 1.165) is 16.8 Å². The van der Waals surface area contributed by atoms with E-state index in [0.29, 0.717) is 12.1 Å². The quantitative estimate of drug-likeness (QED) is 0.589. The van der Waals surface area contributed by atoms with Crippen LogP contribution in [0.1, 0.15) is 10.4 Å². The summed E-state index contributed by atoms with van der Waals surface area (Å²) >= 11 is 6.01. The number of carboxylic acids is 1. The molecule has 0 aliphatic rings. The molecule has 134 valence electrons. The lowest BCUT2D eigenvalue weighted by Crippen LogP contribution is -2.19. The van der Waals surface area contributed by atoms with Gasteiger partial charge in [-0.3, -0.25) is 4.79 Å². The predicted molar refractivity (Wildman–Crippen MR) is 90.2 cm³/mol. The number of hydrogen-bond donors (Lipinski definition) is 3. The number of carbonyl (C=O) groups is 1. The fourth-order valence-corrected chi connectivity index (χ4v) is 2.79. The van der Waals surface area contributed by atoms with E-state index in [1.807, 2.05) is 0 Å². The van der Waals surface area contributed by atoms with Crippen molar-refractivity contribution in [2.24, 2.45) is 0 Å². The molecule has 0 aliphatic heterocycles. The van der Waals surface area contributed by atoms with E-state index in [-0.39, 0.29) is 5.52 Å². The Morgan fingerprint density at radius 3 is 2.35 bits per heavy atom. The number of aromatic nitrogens is 1. The van der Waals surface area contributed by atoms with Crippen molar-refractivity contribution in [1.82, 2.24) is 4.57 Å². The van der Waals surface area contributed by atoms with Gasteiger partial charge in [0.25, 0.3) is 0 Å². The zero-order chi connectivity index (χ0) is 19.3. The Kier molecular flexibility index (Phi) is 4.03. The van der Waals surface area contributed by atoms with E-state index in [4.69, 9.17) is 23.1 Å². The van der Waals surface area contributed by atoms with E-state index in [1.165, 1.54) is 0 Å². The van der Waals surface area contributed by atoms with Crippen LogP contribution in [0.15, 0.2) is 29.2 Å². The van der Waals surface area contributed by atoms with Crippen LogP contribution in [0, 0.1) is 17.5 Å². The van der Waals surface area contributed by atoms with Crippen molar-refractivity contribution in [3.05, 3.63) is 62.7 Å². The van der Waals surface area contributed by atoms with Crippen LogP contribution in [0.2, 0.25) is 5.02 Å². The summed E-state index contributed by atoms with van der Waals surface area (Å²) in [6.45, 7) is 0. The monoisotopic (exact) mass is 383 g/mol. The number of pyridine rings is 1. The Hall–Kier alpha value is -3.20. The minimum absolute atomic E-state index is 0.245. The highest BCUT2D eigenvalue weighted by Gasteiger charge is 2.22. The smallest absolute Gasteiger partial charge is 0.341 e. The van der Waals surface area contributed by atoms with Gasteiger partial charge in [-0.2, -0.15) is 0 Å². The number of rotatable bonds is 2. The van der Waals surface area contributed by atoms with E-state index >= 15 is 0 Å². The molecule has 26 heavy (non-hydrogen) atoms. The minimum atomic E-state index is -1.63. The van der Waals surface area contributed by atoms with Gasteiger partial charge in [-0.15, -0.1) is 0 Å². The molecule has 1 heterocycles. The van der Waals surface area contributed by atoms with Gasteiger partial charge in [0, 0.05) is 12.3 Å². The average molecular weight is 384 g/mol. The first-order valence-corrected chi connectivity index (χ1v) is 7.32. The third kappa shape index (κ3) is 2.53. The molecular weight excluding hydrogens is 375 g/mol. The summed E-state index contributed by atoms with van der Waals surface area (Å²) in [5.41, 5.74) is 7.54. The third-order valence-electron chi connectivity index (χ3n) is 3.77. The van der Waals surface area contributed by atoms with Crippen LogP contribution in [-0.2, 0) is 0 Å². The van der Waals surface area contributed by atoms with Crippen molar-refractivity contribution in [3.63, 3.8) is 0 Å². The van der Waals surface area contributed by atoms with Crippen LogP contribution in [0.5, 0.6) is 0 Å². The summed E-state index contributed by atoms with van der Waals surface area (Å²) in [4.78, 5) is 23.7. The Balaban J connectivity index is 2.59. The fourth-order valence-electron chi connectivity index (χ4n) is 2.51. The number of anilines is 2. The molecule has 0 aliphatic carbocycles. The van der Waals surface area contributed by atoms with Crippen molar-refractivity contribution in [2.45, 2.75) is 0 Å². The molecule has 0 bridgehead atoms. The molecule has 3 aromatic rings. The van der Waals surface area contributed by atoms with Gasteiger partial charge in [0.15, 0.2) is 0 Å². The molecule has 6 nitrogen and oxygen atoms in total. The topological polar surface area (TPSA) is 111 Å². The summed E-state index contributed by atoms with van der Waals surface area (Å²) in [5.74, 6) is -4.83. The minimum Gasteiger partial charge on any atom is -0.477 e. The number of nitrogens with zero attached hydrogens (tertiary/aromatic N) is 1. The molecule has 5 N–H and O–H groups in total. The normalized spacial score (nSPS) is 11.1. The van der Waals surface area contributed by atoms with Crippen molar-refractivity contribution in [3.8, 4) is 5.69 Å². The van der Waals surface area contributed by atoms with Gasteiger partial charge < -0.3 is 21.1 Å². The average Bonchev–Trinajstić information content (AvgIpc) is 2.57. The number of nitrogen functional groups attached to an aromatic ring is 2. The Morgan fingerprint density at radius 2 is 1.73 bits per heavy atom. The number of hydrogen-bond acceptors (Lipinski definition) is 4. The standard InChI is InChI=1S/C16H9ClF3N3O3/c17-12-13(22)9(20)1-5-14(12)23(4-6(15(5)24)16(25)26)11-3-10(21)7(18)2-8(11)19/h1-4H,21-22H2,(H,25,26). The van der Waals surface area contributed by atoms with E-state index in [9.17, 15) is 27.9 Å². The SMILES string of the molecule is Nc1cc(-n2cc(C(=O)O)c(=O)c3cc(F)c(N)c(Cl)c32)c(F)cc1F. The summed E-state index contributed by atoms with van der Waals surface area (Å²) in [7, 11) is 0. The molecule has 0 saturated carbocycles. The fraction of sp³-hybridized carbons (Fsp3) is 0. The van der Waals surface area contributed by atoms with Crippen molar-refractivity contribution >= 4 is 39.8 Å². The molecule has 0 unspecified atom stereocenters. The lowest BCUT2D eigenvalue weighted by molar-refractivity contribution is 0.0695. The van der Waals surface area contributed by atoms with E-state index in [1.54, 1.807) is 0 Å². The van der Waals surface area contributed by atoms with Gasteiger partial charge in [0.1, 0.15) is 23.0 Å². The maximum atomic E-state index is 14.3. The summed E-state index contributed by atoms with van der Waals surface area (Å²) < 4.78 is 42.5. The molecule has 10 heteroatoms. The predicted octanol–water partition coefficient (Wildman–Crippen LogP) is 2.92. The van der Waals surface area contributed by atoms with E-state index in [2.05, 4.69) is 0 Å². The van der Waals surface area contributed by atoms with Gasteiger partial charge in [-0.25, -0.2) is 18.0 Å². The van der Waals surface area contributed by atoms with Gasteiger partial charge in [-0.1, -0.05) is 11.6 Å². The Morgan fingerprint density at radius 1 is 1.08 bits per heavy atom. The number of carboxylic acid groups (broad SMARTS) is 1. The van der Waals surface area contributed by atoms with Crippen LogP contribution in [0.3, 0.4) is 0 Å². The molecule has 0 amide bonds. The van der Waals surface area contributed by atoms with Crippen LogP contribution in [-0.4, -0.2) is 15.6 Å². The second-order valence-corrected chi connectivity index (χ2v) is 5.73. The molecular formula is C16H9ClF3N3O3. The summed E-state index contributed by atoms with van der Waals surface area (Å²) in [6, 6.07) is 2.07. The number of fused-ring (bicyclic) bond motifs is 1. The first kappa shape index (κ1) is 17.6. The zero-order valence-corrected chi connectivity index (χ0v) is 13.4. The Labute approximate surface area is 148 Å². The number of benzene rings is 2. The zero-order valence-electron chi connectivity index (χ0n) is 12.7. The summed E-state index contributed by atoms with van der Waals surface area (Å²) in [5, 5.41) is 8.34. The molecule has 3 rings (SSSR count). The van der Waals surface area contributed by atoms with Crippen LogP contribution >= 0.6 is 11.6 Å². The summed E-state index contributed by atoms with van der Waals surface area (Å²) in [6.07, 6.45) is 0.784. The molecule has 1 aromatic heterocycles. The molecule has 0 fully saturated rings. The highest BCUT2D eigenvalue weighted by Crippen LogP contribution is 2.33. The molecule has 0 spiro atoms. The van der Waals surface area contributed by atoms with Crippen LogP contribution in [0.25, 0.3) is 16.6 Å². The number of aromatic carboxylic acids is 1. The molecule has 2 aromatic carbocycles. The third-order valence-corrected chi connectivity index (χ3v) is 4.15. The van der Waals surface area contributed by atoms with Crippen molar-refractivity contribution in [1.29, 1.82) is 0 Å². The van der Waals surface area contributed by atoms with Gasteiger partial charge in [-0.05, 0) is 12.1 Å². The highest BCUT2D eigenvalue weighted by atomic mass is 35.5. The van der Waals surface area contributed by atoms with Crippen molar-refractivity contribution in [2.75, 3.05) is 11.5 Å².